The standard InChI is InChI=1S/C8H14F6OSi/c1-2-15-16(3-5(9)7(11)12)4-6(10)8(13)14/h5-8,16H,2-4H2,1H3. The maximum absolute atomic E-state index is 12.6. The van der Waals surface area contributed by atoms with Gasteiger partial charge in [0.2, 0.25) is 0 Å². The third-order valence-corrected chi connectivity index (χ3v) is 4.68. The summed E-state index contributed by atoms with van der Waals surface area (Å²) in [6.07, 6.45) is -11.2. The van der Waals surface area contributed by atoms with Gasteiger partial charge < -0.3 is 4.43 Å². The molecule has 0 saturated heterocycles. The second-order valence-electron chi connectivity index (χ2n) is 3.25. The topological polar surface area (TPSA) is 9.23 Å². The first-order valence-electron chi connectivity index (χ1n) is 4.84. The van der Waals surface area contributed by atoms with Crippen molar-refractivity contribution in [2.75, 3.05) is 6.61 Å². The normalized spacial score (nSPS) is 17.8. The van der Waals surface area contributed by atoms with E-state index in [0.717, 1.165) is 0 Å². The Morgan fingerprint density at radius 3 is 1.50 bits per heavy atom. The summed E-state index contributed by atoms with van der Waals surface area (Å²) in [7, 11) is -2.67. The molecule has 0 amide bonds. The van der Waals surface area contributed by atoms with E-state index in [1.54, 1.807) is 0 Å². The van der Waals surface area contributed by atoms with Gasteiger partial charge in [-0.15, -0.1) is 0 Å². The molecule has 0 aliphatic carbocycles. The first-order chi connectivity index (χ1) is 7.38. The van der Waals surface area contributed by atoms with Gasteiger partial charge in [-0.3, -0.25) is 0 Å². The molecule has 0 aliphatic heterocycles. The number of rotatable bonds is 8. The second kappa shape index (κ2) is 7.94. The molecule has 0 rings (SSSR count). The van der Waals surface area contributed by atoms with Crippen LogP contribution in [0.15, 0.2) is 0 Å². The molecule has 0 N–H and O–H groups in total. The van der Waals surface area contributed by atoms with Gasteiger partial charge in [-0.05, 0) is 6.92 Å². The maximum atomic E-state index is 12.6. The molecule has 0 radical (unpaired) electrons. The summed E-state index contributed by atoms with van der Waals surface area (Å²) >= 11 is 0. The van der Waals surface area contributed by atoms with Crippen molar-refractivity contribution in [2.24, 2.45) is 0 Å². The molecule has 0 bridgehead atoms. The molecule has 0 fully saturated rings. The molecule has 0 aromatic carbocycles. The fraction of sp³-hybridized carbons (Fsp3) is 1.00. The van der Waals surface area contributed by atoms with Crippen molar-refractivity contribution in [3.05, 3.63) is 0 Å². The molecule has 98 valence electrons. The quantitative estimate of drug-likeness (QED) is 0.486. The van der Waals surface area contributed by atoms with E-state index >= 15 is 0 Å². The summed E-state index contributed by atoms with van der Waals surface area (Å²) in [4.78, 5) is 0. The van der Waals surface area contributed by atoms with E-state index in [1.165, 1.54) is 6.92 Å². The van der Waals surface area contributed by atoms with Gasteiger partial charge in [0.1, 0.15) is 0 Å². The lowest BCUT2D eigenvalue weighted by atomic mass is 10.5. The molecule has 0 spiro atoms. The van der Waals surface area contributed by atoms with Crippen molar-refractivity contribution in [3.63, 3.8) is 0 Å². The molecule has 0 aromatic heterocycles. The molecule has 1 nitrogen and oxygen atoms in total. The van der Waals surface area contributed by atoms with Crippen LogP contribution >= 0.6 is 0 Å². The third kappa shape index (κ3) is 6.36. The van der Waals surface area contributed by atoms with Crippen LogP contribution in [0.1, 0.15) is 6.92 Å². The zero-order chi connectivity index (χ0) is 12.7. The van der Waals surface area contributed by atoms with Gasteiger partial charge in [0, 0.05) is 18.7 Å². The van der Waals surface area contributed by atoms with Crippen LogP contribution in [0.2, 0.25) is 12.1 Å². The minimum absolute atomic E-state index is 0.0861. The van der Waals surface area contributed by atoms with Crippen LogP contribution < -0.4 is 0 Å². The minimum atomic E-state index is -3.18. The Morgan fingerprint density at radius 1 is 0.875 bits per heavy atom. The Balaban J connectivity index is 4.16. The molecular formula is C8H14F6OSi. The first kappa shape index (κ1) is 15.8. The predicted molar refractivity (Wildman–Crippen MR) is 50.2 cm³/mol. The molecular weight excluding hydrogens is 254 g/mol. The van der Waals surface area contributed by atoms with Crippen molar-refractivity contribution < 1.29 is 30.8 Å². The molecule has 2 unspecified atom stereocenters. The zero-order valence-corrected chi connectivity index (χ0v) is 9.84. The fourth-order valence-corrected chi connectivity index (χ4v) is 3.53. The van der Waals surface area contributed by atoms with E-state index in [4.69, 9.17) is 4.43 Å². The average Bonchev–Trinajstić information content (AvgIpc) is 2.17. The van der Waals surface area contributed by atoms with Gasteiger partial charge in [-0.2, -0.15) is 0 Å². The maximum Gasteiger partial charge on any atom is 0.269 e. The summed E-state index contributed by atoms with van der Waals surface area (Å²) in [5.41, 5.74) is 0. The molecule has 0 aliphatic rings. The highest BCUT2D eigenvalue weighted by molar-refractivity contribution is 6.52. The van der Waals surface area contributed by atoms with Crippen LogP contribution in [0.25, 0.3) is 0 Å². The van der Waals surface area contributed by atoms with Crippen molar-refractivity contribution in [1.82, 2.24) is 0 Å². The summed E-state index contributed by atoms with van der Waals surface area (Å²) in [5.74, 6) is 0. The summed E-state index contributed by atoms with van der Waals surface area (Å²) < 4.78 is 77.7. The lowest BCUT2D eigenvalue weighted by molar-refractivity contribution is 0.0517. The van der Waals surface area contributed by atoms with Gasteiger partial charge in [0.15, 0.2) is 21.4 Å². The Bertz CT molecular complexity index is 166. The largest absolute Gasteiger partial charge is 0.420 e. The Labute approximate surface area is 91.5 Å². The Kier molecular flexibility index (Phi) is 7.82. The fourth-order valence-electron chi connectivity index (χ4n) is 1.18. The van der Waals surface area contributed by atoms with Crippen LogP contribution in [0.4, 0.5) is 26.3 Å². The van der Waals surface area contributed by atoms with Gasteiger partial charge in [0.05, 0.1) is 0 Å². The number of hydrogen-bond acceptors (Lipinski definition) is 1. The van der Waals surface area contributed by atoms with Crippen LogP contribution in [-0.2, 0) is 4.43 Å². The van der Waals surface area contributed by atoms with Crippen molar-refractivity contribution in [1.29, 1.82) is 0 Å². The highest BCUT2D eigenvalue weighted by atomic mass is 28.3. The smallest absolute Gasteiger partial charge is 0.269 e. The van der Waals surface area contributed by atoms with Gasteiger partial charge in [0.25, 0.3) is 12.9 Å². The molecule has 2 atom stereocenters. The Hall–Kier alpha value is -0.243. The summed E-state index contributed by atoms with van der Waals surface area (Å²) in [5, 5.41) is 0. The Morgan fingerprint density at radius 2 is 1.25 bits per heavy atom. The van der Waals surface area contributed by atoms with E-state index in [9.17, 15) is 26.3 Å². The van der Waals surface area contributed by atoms with E-state index in [2.05, 4.69) is 0 Å². The minimum Gasteiger partial charge on any atom is -0.420 e. The molecule has 0 aromatic rings. The summed E-state index contributed by atoms with van der Waals surface area (Å²) in [6.45, 7) is 1.61. The van der Waals surface area contributed by atoms with E-state index in [-0.39, 0.29) is 6.61 Å². The average molecular weight is 268 g/mol. The summed E-state index contributed by atoms with van der Waals surface area (Å²) in [6, 6.07) is -1.28. The van der Waals surface area contributed by atoms with E-state index in [1.807, 2.05) is 0 Å². The van der Waals surface area contributed by atoms with Gasteiger partial charge >= 0.3 is 0 Å². The van der Waals surface area contributed by atoms with Gasteiger partial charge in [-0.1, -0.05) is 0 Å². The highest BCUT2D eigenvalue weighted by Gasteiger charge is 2.30. The third-order valence-electron chi connectivity index (χ3n) is 1.93. The zero-order valence-electron chi connectivity index (χ0n) is 8.68. The molecule has 0 heterocycles. The van der Waals surface area contributed by atoms with Crippen molar-refractivity contribution in [3.8, 4) is 0 Å². The SMILES string of the molecule is CCO[SiH](CC(F)C(F)F)CC(F)C(F)F. The molecule has 0 saturated carbocycles. The number of halogens is 6. The number of hydrogen-bond donors (Lipinski definition) is 0. The lowest BCUT2D eigenvalue weighted by Crippen LogP contribution is -2.30. The first-order valence-corrected chi connectivity index (χ1v) is 6.94. The molecule has 8 heteroatoms. The lowest BCUT2D eigenvalue weighted by Gasteiger charge is -2.18. The molecule has 16 heavy (non-hydrogen) atoms. The predicted octanol–water partition coefficient (Wildman–Crippen LogP) is 2.95. The van der Waals surface area contributed by atoms with Crippen LogP contribution in [0.5, 0.6) is 0 Å². The van der Waals surface area contributed by atoms with Crippen LogP contribution in [0, 0.1) is 0 Å². The van der Waals surface area contributed by atoms with Crippen molar-refractivity contribution in [2.45, 2.75) is 44.2 Å². The number of alkyl halides is 6. The van der Waals surface area contributed by atoms with Crippen LogP contribution in [-0.4, -0.2) is 40.8 Å². The van der Waals surface area contributed by atoms with E-state index in [0.29, 0.717) is 0 Å². The second-order valence-corrected chi connectivity index (χ2v) is 5.77. The van der Waals surface area contributed by atoms with Gasteiger partial charge in [-0.25, -0.2) is 26.3 Å². The monoisotopic (exact) mass is 268 g/mol. The van der Waals surface area contributed by atoms with Crippen molar-refractivity contribution >= 4 is 9.04 Å². The van der Waals surface area contributed by atoms with E-state index < -0.39 is 46.3 Å². The highest BCUT2D eigenvalue weighted by Crippen LogP contribution is 2.20. The van der Waals surface area contributed by atoms with Crippen LogP contribution in [0.3, 0.4) is 0 Å².